The number of aromatic nitrogens is 2. The Morgan fingerprint density at radius 1 is 0.920 bits per heavy atom. The number of amides is 1. The van der Waals surface area contributed by atoms with Gasteiger partial charge in [0.25, 0.3) is 5.91 Å². The Kier molecular flexibility index (Phi) is 4.62. The van der Waals surface area contributed by atoms with Crippen LogP contribution in [0.3, 0.4) is 0 Å². The Labute approximate surface area is 143 Å². The summed E-state index contributed by atoms with van der Waals surface area (Å²) in [6, 6.07) is 17.4. The minimum absolute atomic E-state index is 0.147. The highest BCUT2D eigenvalue weighted by Gasteiger charge is 2.09. The molecule has 6 nitrogen and oxygen atoms in total. The van der Waals surface area contributed by atoms with Crippen LogP contribution in [0.2, 0.25) is 0 Å². The number of anilines is 3. The number of halogens is 1. The van der Waals surface area contributed by atoms with Gasteiger partial charge in [-0.25, -0.2) is 4.39 Å². The van der Waals surface area contributed by atoms with Crippen molar-refractivity contribution in [3.63, 3.8) is 0 Å². The molecule has 0 radical (unpaired) electrons. The van der Waals surface area contributed by atoms with Crippen LogP contribution in [0.15, 0.2) is 60.7 Å². The average molecular weight is 333 g/mol. The predicted octanol–water partition coefficient (Wildman–Crippen LogP) is 3.48. The van der Waals surface area contributed by atoms with Crippen LogP contribution in [0, 0.1) is 17.1 Å². The number of hydrogen-bond donors (Lipinski definition) is 2. The number of hydrogen-bond acceptors (Lipinski definition) is 5. The van der Waals surface area contributed by atoms with Crippen molar-refractivity contribution in [3.05, 3.63) is 77.7 Å². The lowest BCUT2D eigenvalue weighted by atomic mass is 10.2. The van der Waals surface area contributed by atoms with E-state index in [0.29, 0.717) is 22.8 Å². The van der Waals surface area contributed by atoms with Crippen LogP contribution in [-0.2, 0) is 0 Å². The third kappa shape index (κ3) is 4.14. The molecule has 0 bridgehead atoms. The van der Waals surface area contributed by atoms with Crippen LogP contribution in [0.1, 0.15) is 16.1 Å². The molecule has 0 atom stereocenters. The summed E-state index contributed by atoms with van der Waals surface area (Å²) >= 11 is 0. The molecule has 0 fully saturated rings. The Hall–Kier alpha value is -3.79. The van der Waals surface area contributed by atoms with Crippen molar-refractivity contribution in [2.75, 3.05) is 10.6 Å². The molecule has 122 valence electrons. The number of nitriles is 1. The van der Waals surface area contributed by atoms with Gasteiger partial charge in [-0.1, -0.05) is 0 Å². The van der Waals surface area contributed by atoms with Crippen molar-refractivity contribution >= 4 is 23.1 Å². The summed E-state index contributed by atoms with van der Waals surface area (Å²) in [6.45, 7) is 0. The fourth-order valence-corrected chi connectivity index (χ4v) is 2.02. The summed E-state index contributed by atoms with van der Waals surface area (Å²) in [5.74, 6) is -0.307. The Balaban J connectivity index is 1.65. The van der Waals surface area contributed by atoms with E-state index in [9.17, 15) is 9.18 Å². The SMILES string of the molecule is N#Cc1ccc(NC(=O)c2ccc(Nc3ccc(F)cc3)nn2)cc1. The second kappa shape index (κ2) is 7.19. The highest BCUT2D eigenvalue weighted by atomic mass is 19.1. The van der Waals surface area contributed by atoms with E-state index >= 15 is 0 Å². The van der Waals surface area contributed by atoms with Crippen LogP contribution in [0.25, 0.3) is 0 Å². The predicted molar refractivity (Wildman–Crippen MR) is 90.8 cm³/mol. The molecule has 0 saturated heterocycles. The maximum absolute atomic E-state index is 12.9. The fourth-order valence-electron chi connectivity index (χ4n) is 2.02. The fraction of sp³-hybridized carbons (Fsp3) is 0. The second-order valence-corrected chi connectivity index (χ2v) is 5.08. The lowest BCUT2D eigenvalue weighted by Gasteiger charge is -2.06. The lowest BCUT2D eigenvalue weighted by Crippen LogP contribution is -2.14. The van der Waals surface area contributed by atoms with Gasteiger partial charge in [0.05, 0.1) is 11.6 Å². The van der Waals surface area contributed by atoms with Gasteiger partial charge in [0.15, 0.2) is 11.5 Å². The van der Waals surface area contributed by atoms with Crippen molar-refractivity contribution < 1.29 is 9.18 Å². The van der Waals surface area contributed by atoms with E-state index in [2.05, 4.69) is 20.8 Å². The van der Waals surface area contributed by atoms with Crippen molar-refractivity contribution in [2.45, 2.75) is 0 Å². The molecular weight excluding hydrogens is 321 g/mol. The van der Waals surface area contributed by atoms with Crippen molar-refractivity contribution in [2.24, 2.45) is 0 Å². The van der Waals surface area contributed by atoms with Crippen LogP contribution in [0.4, 0.5) is 21.6 Å². The summed E-state index contributed by atoms with van der Waals surface area (Å²) < 4.78 is 12.9. The van der Waals surface area contributed by atoms with Gasteiger partial charge in [0.1, 0.15) is 5.82 Å². The van der Waals surface area contributed by atoms with Gasteiger partial charge in [0, 0.05) is 11.4 Å². The number of nitrogens with zero attached hydrogens (tertiary/aromatic N) is 3. The van der Waals surface area contributed by atoms with E-state index in [1.807, 2.05) is 6.07 Å². The molecule has 3 aromatic rings. The molecule has 0 unspecified atom stereocenters. The van der Waals surface area contributed by atoms with Crippen LogP contribution >= 0.6 is 0 Å². The normalized spacial score (nSPS) is 9.92. The second-order valence-electron chi connectivity index (χ2n) is 5.08. The maximum Gasteiger partial charge on any atom is 0.276 e. The molecule has 0 aliphatic heterocycles. The summed E-state index contributed by atoms with van der Waals surface area (Å²) in [7, 11) is 0. The number of carbonyl (C=O) groups excluding carboxylic acids is 1. The minimum Gasteiger partial charge on any atom is -0.339 e. The van der Waals surface area contributed by atoms with E-state index in [0.717, 1.165) is 0 Å². The summed E-state index contributed by atoms with van der Waals surface area (Å²) in [4.78, 5) is 12.1. The Bertz CT molecular complexity index is 916. The first-order chi connectivity index (χ1) is 12.1. The first-order valence-electron chi connectivity index (χ1n) is 7.32. The van der Waals surface area contributed by atoms with Gasteiger partial charge in [-0.2, -0.15) is 5.26 Å². The van der Waals surface area contributed by atoms with Crippen LogP contribution in [0.5, 0.6) is 0 Å². The van der Waals surface area contributed by atoms with Gasteiger partial charge in [-0.05, 0) is 60.7 Å². The zero-order valence-corrected chi connectivity index (χ0v) is 12.9. The Morgan fingerprint density at radius 2 is 1.60 bits per heavy atom. The molecule has 25 heavy (non-hydrogen) atoms. The van der Waals surface area contributed by atoms with Crippen molar-refractivity contribution in [3.8, 4) is 6.07 Å². The monoisotopic (exact) mass is 333 g/mol. The number of nitrogens with one attached hydrogen (secondary N) is 2. The van der Waals surface area contributed by atoms with Gasteiger partial charge in [-0.15, -0.1) is 10.2 Å². The first-order valence-corrected chi connectivity index (χ1v) is 7.32. The van der Waals surface area contributed by atoms with E-state index in [4.69, 9.17) is 5.26 Å². The molecule has 0 aliphatic carbocycles. The van der Waals surface area contributed by atoms with E-state index in [-0.39, 0.29) is 11.5 Å². The lowest BCUT2D eigenvalue weighted by molar-refractivity contribution is 0.102. The average Bonchev–Trinajstić information content (AvgIpc) is 2.65. The standard InChI is InChI=1S/C18H12FN5O/c19-13-3-7-14(8-4-13)21-17-10-9-16(23-24-17)18(25)22-15-5-1-12(11-20)2-6-15/h1-10H,(H,21,24)(H,22,25). The third-order valence-electron chi connectivity index (χ3n) is 3.29. The number of carbonyl (C=O) groups is 1. The zero-order valence-electron chi connectivity index (χ0n) is 12.9. The maximum atomic E-state index is 12.9. The molecule has 1 aromatic heterocycles. The first kappa shape index (κ1) is 16.1. The summed E-state index contributed by atoms with van der Waals surface area (Å²) in [6.07, 6.45) is 0. The summed E-state index contributed by atoms with van der Waals surface area (Å²) in [5.41, 5.74) is 1.87. The van der Waals surface area contributed by atoms with Crippen molar-refractivity contribution in [1.82, 2.24) is 10.2 Å². The van der Waals surface area contributed by atoms with E-state index in [1.165, 1.54) is 18.2 Å². The zero-order chi connectivity index (χ0) is 17.6. The van der Waals surface area contributed by atoms with Gasteiger partial charge >= 0.3 is 0 Å². The minimum atomic E-state index is -0.412. The molecule has 0 spiro atoms. The van der Waals surface area contributed by atoms with E-state index < -0.39 is 5.91 Å². The molecule has 2 N–H and O–H groups in total. The van der Waals surface area contributed by atoms with Gasteiger partial charge in [-0.3, -0.25) is 4.79 Å². The Morgan fingerprint density at radius 3 is 2.20 bits per heavy atom. The molecule has 0 aliphatic rings. The summed E-state index contributed by atoms with van der Waals surface area (Å²) in [5, 5.41) is 22.2. The topological polar surface area (TPSA) is 90.7 Å². The smallest absolute Gasteiger partial charge is 0.276 e. The third-order valence-corrected chi connectivity index (χ3v) is 3.29. The van der Waals surface area contributed by atoms with Crippen molar-refractivity contribution in [1.29, 1.82) is 5.26 Å². The molecular formula is C18H12FN5O. The molecule has 7 heteroatoms. The highest BCUT2D eigenvalue weighted by Crippen LogP contribution is 2.15. The van der Waals surface area contributed by atoms with Crippen LogP contribution < -0.4 is 10.6 Å². The molecule has 2 aromatic carbocycles. The van der Waals surface area contributed by atoms with Gasteiger partial charge in [0.2, 0.25) is 0 Å². The number of rotatable bonds is 4. The quantitative estimate of drug-likeness (QED) is 0.763. The molecule has 1 heterocycles. The van der Waals surface area contributed by atoms with E-state index in [1.54, 1.807) is 42.5 Å². The number of benzene rings is 2. The molecule has 1 amide bonds. The molecule has 0 saturated carbocycles. The highest BCUT2D eigenvalue weighted by molar-refractivity contribution is 6.02. The van der Waals surface area contributed by atoms with Crippen LogP contribution in [-0.4, -0.2) is 16.1 Å². The molecule has 3 rings (SSSR count). The van der Waals surface area contributed by atoms with Gasteiger partial charge < -0.3 is 10.6 Å². The largest absolute Gasteiger partial charge is 0.339 e.